The Hall–Kier alpha value is 0.339. The van der Waals surface area contributed by atoms with Gasteiger partial charge in [0.05, 0.1) is 0 Å². The fourth-order valence-electron chi connectivity index (χ4n) is 0.177. The molecule has 0 saturated carbocycles. The molecule has 10 heavy (non-hydrogen) atoms. The van der Waals surface area contributed by atoms with Crippen molar-refractivity contribution in [3.05, 3.63) is 0 Å². The summed E-state index contributed by atoms with van der Waals surface area (Å²) in [5.41, 5.74) is 0. The van der Waals surface area contributed by atoms with Gasteiger partial charge in [0, 0.05) is 0 Å². The van der Waals surface area contributed by atoms with Gasteiger partial charge < -0.3 is 9.11 Å². The van der Waals surface area contributed by atoms with Gasteiger partial charge in [-0.05, 0) is 0 Å². The summed E-state index contributed by atoms with van der Waals surface area (Å²) in [5.74, 6) is 0. The molecule has 0 amide bonds. The average Bonchev–Trinajstić information content (AvgIpc) is 1.14. The predicted molar refractivity (Wildman–Crippen MR) is 24.3 cm³/mol. The summed E-state index contributed by atoms with van der Waals surface area (Å²) in [6.07, 6.45) is 0. The van der Waals surface area contributed by atoms with E-state index in [-0.39, 0.29) is 17.1 Å². The smallest absolute Gasteiger partial charge is 0.747 e. The van der Waals surface area contributed by atoms with Crippen LogP contribution >= 0.6 is 0 Å². The first-order valence-corrected chi connectivity index (χ1v) is 4.73. The van der Waals surface area contributed by atoms with Gasteiger partial charge in [0.15, 0.2) is 0 Å². The van der Waals surface area contributed by atoms with Crippen LogP contribution < -0.4 is 0 Å². The average molecular weight is 229 g/mol. The molecule has 0 atom stereocenters. The predicted octanol–water partition coefficient (Wildman–Crippen LogP) is -1.97. The zero-order chi connectivity index (χ0) is 7.71. The van der Waals surface area contributed by atoms with Crippen LogP contribution in [-0.2, 0) is 37.3 Å². The summed E-state index contributed by atoms with van der Waals surface area (Å²) in [6, 6.07) is 0. The van der Waals surface area contributed by atoms with Crippen molar-refractivity contribution in [1.82, 2.24) is 0 Å². The molecular formula is CH2MnO6S2. The van der Waals surface area contributed by atoms with Gasteiger partial charge in [0.1, 0.15) is 25.3 Å². The van der Waals surface area contributed by atoms with E-state index in [1.54, 1.807) is 0 Å². The van der Waals surface area contributed by atoms with E-state index in [2.05, 4.69) is 0 Å². The first-order chi connectivity index (χ1) is 3.71. The van der Waals surface area contributed by atoms with Gasteiger partial charge in [-0.15, -0.1) is 0 Å². The minimum atomic E-state index is -4.93. The molecule has 0 unspecified atom stereocenters. The minimum absolute atomic E-state index is 0. The first kappa shape index (κ1) is 13.0. The zero-order valence-electron chi connectivity index (χ0n) is 4.35. The largest absolute Gasteiger partial charge is 2.00 e. The Labute approximate surface area is 68.6 Å². The van der Waals surface area contributed by atoms with Crippen molar-refractivity contribution in [3.63, 3.8) is 0 Å². The molecule has 0 fully saturated rings. The summed E-state index contributed by atoms with van der Waals surface area (Å²) in [6.45, 7) is 0. The molecule has 0 heterocycles. The second kappa shape index (κ2) is 3.65. The summed E-state index contributed by atoms with van der Waals surface area (Å²) in [5, 5.41) is -1.88. The molecule has 0 aliphatic rings. The van der Waals surface area contributed by atoms with Crippen molar-refractivity contribution < 1.29 is 43.0 Å². The van der Waals surface area contributed by atoms with Crippen molar-refractivity contribution in [2.24, 2.45) is 0 Å². The molecule has 0 aromatic carbocycles. The van der Waals surface area contributed by atoms with E-state index in [9.17, 15) is 25.9 Å². The first-order valence-electron chi connectivity index (χ1n) is 1.58. The number of rotatable bonds is 2. The topological polar surface area (TPSA) is 114 Å². The molecule has 1 radical (unpaired) electrons. The summed E-state index contributed by atoms with van der Waals surface area (Å²) in [4.78, 5) is 0. The maximum atomic E-state index is 9.51. The molecule has 6 nitrogen and oxygen atoms in total. The minimum Gasteiger partial charge on any atom is -0.747 e. The van der Waals surface area contributed by atoms with Gasteiger partial charge in [-0.1, -0.05) is 0 Å². The Bertz CT molecular complexity index is 241. The molecule has 0 aromatic rings. The van der Waals surface area contributed by atoms with E-state index < -0.39 is 25.3 Å². The normalized spacial score (nSPS) is 12.2. The van der Waals surface area contributed by atoms with Crippen molar-refractivity contribution in [2.75, 3.05) is 5.08 Å². The van der Waals surface area contributed by atoms with E-state index >= 15 is 0 Å². The van der Waals surface area contributed by atoms with Crippen LogP contribution in [-0.4, -0.2) is 31.0 Å². The number of hydrogen-bond donors (Lipinski definition) is 0. The Kier molecular flexibility index (Phi) is 4.73. The van der Waals surface area contributed by atoms with Crippen LogP contribution in [0.5, 0.6) is 0 Å². The van der Waals surface area contributed by atoms with Gasteiger partial charge in [0.25, 0.3) is 0 Å². The van der Waals surface area contributed by atoms with Crippen LogP contribution in [0.15, 0.2) is 0 Å². The standard InChI is InChI=1S/CH4O6S2.Mn/c2-8(3,4)1-9(5,6)7;/h1H2,(H,2,3,4)(H,5,6,7);/q;+2/p-2. The third-order valence-corrected chi connectivity index (χ3v) is 2.60. The number of hydrogen-bond acceptors (Lipinski definition) is 6. The van der Waals surface area contributed by atoms with Crippen LogP contribution in [0.4, 0.5) is 0 Å². The maximum Gasteiger partial charge on any atom is 2.00 e. The molecule has 0 N–H and O–H groups in total. The fourth-order valence-corrected chi connectivity index (χ4v) is 1.59. The van der Waals surface area contributed by atoms with Crippen molar-refractivity contribution in [1.29, 1.82) is 0 Å². The van der Waals surface area contributed by atoms with E-state index in [0.717, 1.165) is 0 Å². The van der Waals surface area contributed by atoms with Gasteiger partial charge in [-0.25, -0.2) is 16.8 Å². The van der Waals surface area contributed by atoms with Crippen molar-refractivity contribution in [2.45, 2.75) is 0 Å². The molecule has 0 rings (SSSR count). The van der Waals surface area contributed by atoms with Crippen LogP contribution in [0.25, 0.3) is 0 Å². The van der Waals surface area contributed by atoms with Crippen LogP contribution in [0.2, 0.25) is 0 Å². The molecule has 0 bridgehead atoms. The molecule has 0 aliphatic carbocycles. The Morgan fingerprint density at radius 2 is 1.10 bits per heavy atom. The second-order valence-electron chi connectivity index (χ2n) is 1.23. The molecule has 0 saturated heterocycles. The Morgan fingerprint density at radius 3 is 1.10 bits per heavy atom. The molecule has 9 heteroatoms. The van der Waals surface area contributed by atoms with Crippen LogP contribution in [0.1, 0.15) is 0 Å². The van der Waals surface area contributed by atoms with Gasteiger partial charge >= 0.3 is 17.1 Å². The van der Waals surface area contributed by atoms with E-state index in [0.29, 0.717) is 0 Å². The third-order valence-electron chi connectivity index (χ3n) is 0.289. The molecule has 0 aliphatic heterocycles. The monoisotopic (exact) mass is 229 g/mol. The summed E-state index contributed by atoms with van der Waals surface area (Å²) >= 11 is 0. The maximum absolute atomic E-state index is 9.51. The van der Waals surface area contributed by atoms with Crippen LogP contribution in [0, 0.1) is 0 Å². The quantitative estimate of drug-likeness (QED) is 0.400. The van der Waals surface area contributed by atoms with E-state index in [1.807, 2.05) is 0 Å². The summed E-state index contributed by atoms with van der Waals surface area (Å²) in [7, 11) is -9.86. The molecule has 61 valence electrons. The second-order valence-corrected chi connectivity index (χ2v) is 4.41. The van der Waals surface area contributed by atoms with Crippen molar-refractivity contribution in [3.8, 4) is 0 Å². The van der Waals surface area contributed by atoms with Gasteiger partial charge in [0.2, 0.25) is 0 Å². The van der Waals surface area contributed by atoms with E-state index in [4.69, 9.17) is 0 Å². The SMILES string of the molecule is O=S(=O)([O-])CS(=O)(=O)[O-].[Mn+2]. The third kappa shape index (κ3) is 11.2. The van der Waals surface area contributed by atoms with E-state index in [1.165, 1.54) is 0 Å². The Morgan fingerprint density at radius 1 is 0.900 bits per heavy atom. The summed E-state index contributed by atoms with van der Waals surface area (Å²) < 4.78 is 57.1. The molecular weight excluding hydrogens is 227 g/mol. The molecule has 0 spiro atoms. The zero-order valence-corrected chi connectivity index (χ0v) is 7.16. The van der Waals surface area contributed by atoms with Gasteiger partial charge in [-0.2, -0.15) is 0 Å². The fraction of sp³-hybridized carbons (Fsp3) is 1.00. The Balaban J connectivity index is 0. The van der Waals surface area contributed by atoms with Crippen LogP contribution in [0.3, 0.4) is 0 Å². The van der Waals surface area contributed by atoms with Gasteiger partial charge in [-0.3, -0.25) is 0 Å². The molecule has 0 aromatic heterocycles. The van der Waals surface area contributed by atoms with Crippen molar-refractivity contribution >= 4 is 20.2 Å².